The van der Waals surface area contributed by atoms with Crippen LogP contribution in [0.3, 0.4) is 0 Å². The summed E-state index contributed by atoms with van der Waals surface area (Å²) in [6, 6.07) is 17.2. The SMILES string of the molecule is C=CC1OC1CO.O=C(C(=O)c1ccccc1)c1ccccc1. The van der Waals surface area contributed by atoms with Crippen molar-refractivity contribution in [2.75, 3.05) is 6.61 Å². The Labute approximate surface area is 135 Å². The fourth-order valence-corrected chi connectivity index (χ4v) is 1.95. The summed E-state index contributed by atoms with van der Waals surface area (Å²) in [4.78, 5) is 23.6. The van der Waals surface area contributed by atoms with E-state index in [9.17, 15) is 9.59 Å². The van der Waals surface area contributed by atoms with Crippen molar-refractivity contribution in [3.63, 3.8) is 0 Å². The molecule has 0 spiro atoms. The number of Topliss-reactive ketones (excluding diaryl/α,β-unsaturated/α-hetero) is 2. The third-order valence-corrected chi connectivity index (χ3v) is 3.31. The lowest BCUT2D eigenvalue weighted by atomic mass is 10.0. The first kappa shape index (κ1) is 16.8. The molecule has 0 aliphatic carbocycles. The van der Waals surface area contributed by atoms with Crippen LogP contribution in [-0.2, 0) is 4.74 Å². The molecule has 1 heterocycles. The molecule has 1 aliphatic heterocycles. The van der Waals surface area contributed by atoms with Crippen molar-refractivity contribution in [2.45, 2.75) is 12.2 Å². The van der Waals surface area contributed by atoms with Crippen molar-refractivity contribution in [1.82, 2.24) is 0 Å². The van der Waals surface area contributed by atoms with Crippen LogP contribution in [0.1, 0.15) is 20.7 Å². The second kappa shape index (κ2) is 8.17. The molecule has 2 aromatic rings. The van der Waals surface area contributed by atoms with Crippen LogP contribution in [0.15, 0.2) is 73.3 Å². The molecule has 0 aromatic heterocycles. The van der Waals surface area contributed by atoms with Gasteiger partial charge in [-0.2, -0.15) is 0 Å². The molecule has 2 aromatic carbocycles. The molecule has 1 N–H and O–H groups in total. The summed E-state index contributed by atoms with van der Waals surface area (Å²) in [7, 11) is 0. The summed E-state index contributed by atoms with van der Waals surface area (Å²) < 4.78 is 4.85. The lowest BCUT2D eigenvalue weighted by Gasteiger charge is -1.99. The molecular weight excluding hydrogens is 292 g/mol. The van der Waals surface area contributed by atoms with Crippen LogP contribution in [0.4, 0.5) is 0 Å². The maximum atomic E-state index is 11.8. The molecule has 118 valence electrons. The third kappa shape index (κ3) is 4.71. The summed E-state index contributed by atoms with van der Waals surface area (Å²) in [5.41, 5.74) is 0.854. The van der Waals surface area contributed by atoms with Crippen molar-refractivity contribution in [3.8, 4) is 0 Å². The van der Waals surface area contributed by atoms with Gasteiger partial charge in [-0.25, -0.2) is 0 Å². The number of aliphatic hydroxyl groups excluding tert-OH is 1. The molecule has 1 aliphatic rings. The molecule has 0 bridgehead atoms. The third-order valence-electron chi connectivity index (χ3n) is 3.31. The minimum Gasteiger partial charge on any atom is -0.394 e. The van der Waals surface area contributed by atoms with Gasteiger partial charge in [-0.05, 0) is 0 Å². The maximum absolute atomic E-state index is 11.8. The first-order valence-electron chi connectivity index (χ1n) is 7.25. The van der Waals surface area contributed by atoms with Gasteiger partial charge in [0.15, 0.2) is 0 Å². The van der Waals surface area contributed by atoms with Crippen molar-refractivity contribution in [1.29, 1.82) is 0 Å². The molecule has 2 unspecified atom stereocenters. The normalized spacial score (nSPS) is 18.3. The average Bonchev–Trinajstić information content (AvgIpc) is 3.41. The Balaban J connectivity index is 0.000000229. The van der Waals surface area contributed by atoms with E-state index >= 15 is 0 Å². The second-order valence-corrected chi connectivity index (χ2v) is 4.95. The summed E-state index contributed by atoms with van der Waals surface area (Å²) in [5.74, 6) is -0.932. The summed E-state index contributed by atoms with van der Waals surface area (Å²) in [6.07, 6.45) is 1.88. The number of ketones is 2. The van der Waals surface area contributed by atoms with Crippen LogP contribution in [0, 0.1) is 0 Å². The Morgan fingerprint density at radius 2 is 1.39 bits per heavy atom. The first-order valence-corrected chi connectivity index (χ1v) is 7.25. The van der Waals surface area contributed by atoms with Crippen LogP contribution < -0.4 is 0 Å². The van der Waals surface area contributed by atoms with Gasteiger partial charge in [0.05, 0.1) is 6.61 Å². The molecule has 0 amide bonds. The zero-order valence-electron chi connectivity index (χ0n) is 12.6. The predicted octanol–water partition coefficient (Wildman–Crippen LogP) is 2.68. The number of aliphatic hydroxyl groups is 1. The Morgan fingerprint density at radius 1 is 0.957 bits per heavy atom. The summed E-state index contributed by atoms with van der Waals surface area (Å²) in [5, 5.41) is 8.33. The van der Waals surface area contributed by atoms with Gasteiger partial charge >= 0.3 is 0 Å². The van der Waals surface area contributed by atoms with E-state index in [1.54, 1.807) is 54.6 Å². The second-order valence-electron chi connectivity index (χ2n) is 4.95. The number of benzene rings is 2. The van der Waals surface area contributed by atoms with Gasteiger partial charge in [-0.15, -0.1) is 6.58 Å². The first-order chi connectivity index (χ1) is 11.2. The van der Waals surface area contributed by atoms with E-state index in [1.165, 1.54) is 0 Å². The van der Waals surface area contributed by atoms with Crippen LogP contribution in [-0.4, -0.2) is 35.5 Å². The quantitative estimate of drug-likeness (QED) is 0.399. The molecule has 4 heteroatoms. The molecule has 1 saturated heterocycles. The van der Waals surface area contributed by atoms with E-state index in [0.29, 0.717) is 11.1 Å². The van der Waals surface area contributed by atoms with E-state index in [2.05, 4.69) is 6.58 Å². The monoisotopic (exact) mass is 310 g/mol. The molecular formula is C19H18O4. The fourth-order valence-electron chi connectivity index (χ4n) is 1.95. The zero-order chi connectivity index (χ0) is 16.7. The molecule has 0 saturated carbocycles. The Bertz CT molecular complexity index is 615. The van der Waals surface area contributed by atoms with Gasteiger partial charge in [0.1, 0.15) is 12.2 Å². The van der Waals surface area contributed by atoms with Gasteiger partial charge in [0.25, 0.3) is 0 Å². The topological polar surface area (TPSA) is 66.9 Å². The maximum Gasteiger partial charge on any atom is 0.233 e. The smallest absolute Gasteiger partial charge is 0.233 e. The summed E-state index contributed by atoms with van der Waals surface area (Å²) in [6.45, 7) is 3.61. The van der Waals surface area contributed by atoms with E-state index in [-0.39, 0.29) is 18.8 Å². The van der Waals surface area contributed by atoms with Crippen LogP contribution >= 0.6 is 0 Å². The average molecular weight is 310 g/mol. The predicted molar refractivity (Wildman–Crippen MR) is 87.5 cm³/mol. The molecule has 0 radical (unpaired) electrons. The number of rotatable bonds is 5. The molecule has 4 nitrogen and oxygen atoms in total. The minimum absolute atomic E-state index is 0.0532. The highest BCUT2D eigenvalue weighted by atomic mass is 16.6. The molecule has 23 heavy (non-hydrogen) atoms. The number of hydrogen-bond donors (Lipinski definition) is 1. The number of epoxide rings is 1. The summed E-state index contributed by atoms with van der Waals surface area (Å²) >= 11 is 0. The van der Waals surface area contributed by atoms with Gasteiger partial charge in [0.2, 0.25) is 11.6 Å². The van der Waals surface area contributed by atoms with Crippen molar-refractivity contribution in [2.24, 2.45) is 0 Å². The zero-order valence-corrected chi connectivity index (χ0v) is 12.6. The highest BCUT2D eigenvalue weighted by Crippen LogP contribution is 2.21. The number of carbonyl (C=O) groups is 2. The Morgan fingerprint density at radius 3 is 1.65 bits per heavy atom. The van der Waals surface area contributed by atoms with Crippen molar-refractivity contribution in [3.05, 3.63) is 84.4 Å². The van der Waals surface area contributed by atoms with E-state index < -0.39 is 11.6 Å². The fraction of sp³-hybridized carbons (Fsp3) is 0.158. The Hall–Kier alpha value is -2.56. The number of hydrogen-bond acceptors (Lipinski definition) is 4. The lowest BCUT2D eigenvalue weighted by molar-refractivity contribution is 0.0817. The Kier molecular flexibility index (Phi) is 5.97. The van der Waals surface area contributed by atoms with Crippen LogP contribution in [0.25, 0.3) is 0 Å². The van der Waals surface area contributed by atoms with Crippen molar-refractivity contribution < 1.29 is 19.4 Å². The van der Waals surface area contributed by atoms with E-state index in [1.807, 2.05) is 12.1 Å². The highest BCUT2D eigenvalue weighted by molar-refractivity contribution is 6.49. The van der Waals surface area contributed by atoms with E-state index in [4.69, 9.17) is 9.84 Å². The van der Waals surface area contributed by atoms with Crippen molar-refractivity contribution >= 4 is 11.6 Å². The molecule has 3 rings (SSSR count). The lowest BCUT2D eigenvalue weighted by Crippen LogP contribution is -2.14. The minimum atomic E-state index is -0.466. The van der Waals surface area contributed by atoms with Gasteiger partial charge < -0.3 is 9.84 Å². The van der Waals surface area contributed by atoms with Crippen LogP contribution in [0.2, 0.25) is 0 Å². The van der Waals surface area contributed by atoms with Crippen LogP contribution in [0.5, 0.6) is 0 Å². The largest absolute Gasteiger partial charge is 0.394 e. The number of ether oxygens (including phenoxy) is 1. The number of carbonyl (C=O) groups excluding carboxylic acids is 2. The molecule has 2 atom stereocenters. The van der Waals surface area contributed by atoms with Gasteiger partial charge in [-0.3, -0.25) is 9.59 Å². The molecule has 1 fully saturated rings. The standard InChI is InChI=1S/C14H10O2.C5H8O2/c15-13(11-7-3-1-4-8-11)14(16)12-9-5-2-6-10-12;1-2-4-5(3-6)7-4/h1-10H;2,4-6H,1,3H2. The van der Waals surface area contributed by atoms with Gasteiger partial charge in [0, 0.05) is 11.1 Å². The highest BCUT2D eigenvalue weighted by Gasteiger charge is 2.34. The van der Waals surface area contributed by atoms with E-state index in [0.717, 1.165) is 0 Å². The van der Waals surface area contributed by atoms with Gasteiger partial charge in [-0.1, -0.05) is 66.7 Å².